The molecule has 3 N–H and O–H groups in total. The number of aryl methyl sites for hydroxylation is 1. The molecule has 110 valence electrons. The van der Waals surface area contributed by atoms with Crippen molar-refractivity contribution in [3.8, 4) is 0 Å². The molecule has 1 fully saturated rings. The largest absolute Gasteiger partial charge is 0.465 e. The number of hydrogen-bond acceptors (Lipinski definition) is 4. The Labute approximate surface area is 120 Å². The summed E-state index contributed by atoms with van der Waals surface area (Å²) in [6.07, 6.45) is 4.93. The molecular weight excluding hydrogens is 252 g/mol. The van der Waals surface area contributed by atoms with Gasteiger partial charge in [0.25, 0.3) is 0 Å². The number of nitrogens with two attached hydrogens (primary N) is 1. The van der Waals surface area contributed by atoms with E-state index in [1.165, 1.54) is 32.8 Å². The fourth-order valence-electron chi connectivity index (χ4n) is 2.96. The molecule has 2 rings (SSSR count). The molecule has 0 aromatic heterocycles. The van der Waals surface area contributed by atoms with Gasteiger partial charge < -0.3 is 15.8 Å². The molecule has 1 aliphatic carbocycles. The summed E-state index contributed by atoms with van der Waals surface area (Å²) in [5.41, 5.74) is 8.75. The van der Waals surface area contributed by atoms with Crippen LogP contribution in [0, 0.1) is 12.8 Å². The summed E-state index contributed by atoms with van der Waals surface area (Å²) in [4.78, 5) is 11.8. The lowest BCUT2D eigenvalue weighted by molar-refractivity contribution is 0.0602. The zero-order valence-corrected chi connectivity index (χ0v) is 12.5. The second-order valence-electron chi connectivity index (χ2n) is 5.86. The van der Waals surface area contributed by atoms with Crippen LogP contribution in [0.2, 0.25) is 0 Å². The van der Waals surface area contributed by atoms with Crippen molar-refractivity contribution in [2.45, 2.75) is 45.6 Å². The first-order valence-electron chi connectivity index (χ1n) is 7.26. The highest BCUT2D eigenvalue weighted by atomic mass is 16.5. The van der Waals surface area contributed by atoms with Crippen LogP contribution in [0.4, 0.5) is 11.4 Å². The van der Waals surface area contributed by atoms with Gasteiger partial charge in [0, 0.05) is 17.4 Å². The summed E-state index contributed by atoms with van der Waals surface area (Å²) < 4.78 is 4.79. The fraction of sp³-hybridized carbons (Fsp3) is 0.562. The highest BCUT2D eigenvalue weighted by molar-refractivity contribution is 5.97. The second kappa shape index (κ2) is 6.16. The first-order chi connectivity index (χ1) is 9.51. The summed E-state index contributed by atoms with van der Waals surface area (Å²) >= 11 is 0. The minimum atomic E-state index is -0.383. The van der Waals surface area contributed by atoms with Crippen LogP contribution in [0.5, 0.6) is 0 Å². The number of hydrogen-bond donors (Lipinski definition) is 2. The first-order valence-corrected chi connectivity index (χ1v) is 7.26. The SMILES string of the molecule is COC(=O)c1cc(NC2CCCC(C)C2)cc(C)c1N. The van der Waals surface area contributed by atoms with Crippen molar-refractivity contribution >= 4 is 17.3 Å². The van der Waals surface area contributed by atoms with E-state index in [1.54, 1.807) is 6.07 Å². The predicted octanol–water partition coefficient (Wildman–Crippen LogP) is 3.35. The fourth-order valence-corrected chi connectivity index (χ4v) is 2.96. The van der Waals surface area contributed by atoms with E-state index >= 15 is 0 Å². The summed E-state index contributed by atoms with van der Waals surface area (Å²) in [6.45, 7) is 4.21. The van der Waals surface area contributed by atoms with Crippen molar-refractivity contribution in [3.05, 3.63) is 23.3 Å². The van der Waals surface area contributed by atoms with Crippen LogP contribution in [0.15, 0.2) is 12.1 Å². The van der Waals surface area contributed by atoms with Crippen LogP contribution in [0.1, 0.15) is 48.5 Å². The van der Waals surface area contributed by atoms with Gasteiger partial charge >= 0.3 is 5.97 Å². The molecule has 0 radical (unpaired) electrons. The first kappa shape index (κ1) is 14.7. The van der Waals surface area contributed by atoms with E-state index < -0.39 is 0 Å². The summed E-state index contributed by atoms with van der Waals surface area (Å²) in [7, 11) is 1.38. The average molecular weight is 276 g/mol. The van der Waals surface area contributed by atoms with Gasteiger partial charge in [0.2, 0.25) is 0 Å². The van der Waals surface area contributed by atoms with Crippen molar-refractivity contribution in [2.75, 3.05) is 18.2 Å². The molecule has 4 nitrogen and oxygen atoms in total. The van der Waals surface area contributed by atoms with E-state index in [9.17, 15) is 4.79 Å². The molecule has 0 aliphatic heterocycles. The minimum Gasteiger partial charge on any atom is -0.465 e. The Morgan fingerprint density at radius 3 is 2.80 bits per heavy atom. The molecule has 0 spiro atoms. The third-order valence-corrected chi connectivity index (χ3v) is 4.10. The van der Waals surface area contributed by atoms with Crippen LogP contribution in [0.25, 0.3) is 0 Å². The van der Waals surface area contributed by atoms with Gasteiger partial charge in [-0.1, -0.05) is 19.8 Å². The molecule has 2 unspecified atom stereocenters. The monoisotopic (exact) mass is 276 g/mol. The number of carbonyl (C=O) groups excluding carboxylic acids is 1. The van der Waals surface area contributed by atoms with Gasteiger partial charge in [-0.2, -0.15) is 0 Å². The third kappa shape index (κ3) is 3.24. The van der Waals surface area contributed by atoms with Crippen molar-refractivity contribution in [2.24, 2.45) is 5.92 Å². The Bertz CT molecular complexity index is 499. The number of nitrogen functional groups attached to an aromatic ring is 1. The maximum Gasteiger partial charge on any atom is 0.340 e. The van der Waals surface area contributed by atoms with E-state index in [2.05, 4.69) is 12.2 Å². The Balaban J connectivity index is 2.19. The van der Waals surface area contributed by atoms with Gasteiger partial charge in [-0.05, 0) is 43.4 Å². The zero-order chi connectivity index (χ0) is 14.7. The number of ether oxygens (including phenoxy) is 1. The highest BCUT2D eigenvalue weighted by Gasteiger charge is 2.20. The number of benzene rings is 1. The smallest absolute Gasteiger partial charge is 0.340 e. The molecule has 2 atom stereocenters. The molecule has 20 heavy (non-hydrogen) atoms. The van der Waals surface area contributed by atoms with Gasteiger partial charge in [0.1, 0.15) is 0 Å². The molecule has 4 heteroatoms. The van der Waals surface area contributed by atoms with Gasteiger partial charge in [-0.3, -0.25) is 0 Å². The lowest BCUT2D eigenvalue weighted by Crippen LogP contribution is -2.26. The van der Waals surface area contributed by atoms with E-state index in [1.807, 2.05) is 13.0 Å². The summed E-state index contributed by atoms with van der Waals surface area (Å²) in [5.74, 6) is 0.377. The zero-order valence-electron chi connectivity index (χ0n) is 12.5. The number of carbonyl (C=O) groups is 1. The maximum atomic E-state index is 11.8. The van der Waals surface area contributed by atoms with Gasteiger partial charge in [0.15, 0.2) is 0 Å². The number of rotatable bonds is 3. The molecule has 1 saturated carbocycles. The van der Waals surface area contributed by atoms with Crippen molar-refractivity contribution in [3.63, 3.8) is 0 Å². The van der Waals surface area contributed by atoms with Crippen LogP contribution >= 0.6 is 0 Å². The Kier molecular flexibility index (Phi) is 4.53. The van der Waals surface area contributed by atoms with Crippen molar-refractivity contribution in [1.29, 1.82) is 0 Å². The predicted molar refractivity (Wildman–Crippen MR) is 82.0 cm³/mol. The molecule has 1 aliphatic rings. The Morgan fingerprint density at radius 1 is 1.40 bits per heavy atom. The van der Waals surface area contributed by atoms with Crippen LogP contribution < -0.4 is 11.1 Å². The topological polar surface area (TPSA) is 64.3 Å². The molecule has 0 bridgehead atoms. The summed E-state index contributed by atoms with van der Waals surface area (Å²) in [6, 6.07) is 4.28. The molecule has 0 amide bonds. The van der Waals surface area contributed by atoms with E-state index in [-0.39, 0.29) is 5.97 Å². The molecule has 0 heterocycles. The lowest BCUT2D eigenvalue weighted by Gasteiger charge is -2.28. The van der Waals surface area contributed by atoms with Gasteiger partial charge in [-0.25, -0.2) is 4.79 Å². The summed E-state index contributed by atoms with van der Waals surface area (Å²) in [5, 5.41) is 3.54. The van der Waals surface area contributed by atoms with Crippen LogP contribution in [-0.4, -0.2) is 19.1 Å². The van der Waals surface area contributed by atoms with Gasteiger partial charge in [0.05, 0.1) is 12.7 Å². The molecule has 1 aromatic carbocycles. The Hall–Kier alpha value is -1.71. The van der Waals surface area contributed by atoms with E-state index in [0.717, 1.165) is 17.2 Å². The normalized spacial score (nSPS) is 22.4. The standard InChI is InChI=1S/C16H24N2O2/c1-10-5-4-6-12(7-10)18-13-8-11(2)15(17)14(9-13)16(19)20-3/h8-10,12,18H,4-7,17H2,1-3H3. The lowest BCUT2D eigenvalue weighted by atomic mass is 9.87. The second-order valence-corrected chi connectivity index (χ2v) is 5.86. The average Bonchev–Trinajstić information content (AvgIpc) is 2.42. The Morgan fingerprint density at radius 2 is 2.15 bits per heavy atom. The highest BCUT2D eigenvalue weighted by Crippen LogP contribution is 2.29. The van der Waals surface area contributed by atoms with Crippen LogP contribution in [0.3, 0.4) is 0 Å². The third-order valence-electron chi connectivity index (χ3n) is 4.10. The van der Waals surface area contributed by atoms with E-state index in [4.69, 9.17) is 10.5 Å². The number of methoxy groups -OCH3 is 1. The number of nitrogens with one attached hydrogen (secondary N) is 1. The maximum absolute atomic E-state index is 11.8. The number of esters is 1. The van der Waals surface area contributed by atoms with Crippen LogP contribution in [-0.2, 0) is 4.74 Å². The van der Waals surface area contributed by atoms with Crippen molar-refractivity contribution < 1.29 is 9.53 Å². The molecule has 1 aromatic rings. The van der Waals surface area contributed by atoms with E-state index in [0.29, 0.717) is 17.3 Å². The quantitative estimate of drug-likeness (QED) is 0.656. The minimum absolute atomic E-state index is 0.383. The number of anilines is 2. The van der Waals surface area contributed by atoms with Gasteiger partial charge in [-0.15, -0.1) is 0 Å². The molecule has 0 saturated heterocycles. The molecular formula is C16H24N2O2. The van der Waals surface area contributed by atoms with Crippen molar-refractivity contribution in [1.82, 2.24) is 0 Å².